The van der Waals surface area contributed by atoms with Gasteiger partial charge in [0.15, 0.2) is 17.1 Å². The average molecular weight is 1480 g/mol. The Kier molecular flexibility index (Phi) is 33.5. The molecule has 0 amide bonds. The van der Waals surface area contributed by atoms with Gasteiger partial charge in [-0.05, 0) is 95.1 Å². The Morgan fingerprint density at radius 3 is 1.55 bits per heavy atom. The Balaban J connectivity index is 0.000000266. The molecule has 39 heteroatoms. The van der Waals surface area contributed by atoms with Crippen molar-refractivity contribution in [1.29, 1.82) is 5.26 Å². The first-order chi connectivity index (χ1) is 49.8. The summed E-state index contributed by atoms with van der Waals surface area (Å²) in [5, 5.41) is 18.6. The largest absolute Gasteiger partial charge is 0.500 e. The number of H-pyrrole nitrogens is 6. The summed E-state index contributed by atoms with van der Waals surface area (Å²) < 4.78 is 73.2. The number of nitrogens with two attached hydrogens (primary N) is 4. The van der Waals surface area contributed by atoms with Crippen molar-refractivity contribution in [2.24, 2.45) is 5.73 Å². The van der Waals surface area contributed by atoms with Crippen LogP contribution >= 0.6 is 0 Å². The van der Waals surface area contributed by atoms with E-state index in [0.717, 1.165) is 31.0 Å². The first-order valence-electron chi connectivity index (χ1n) is 32.9. The minimum atomic E-state index is -1.31. The molecule has 10 rings (SSSR count). The fraction of sp³-hybridized carbons (Fsp3) is 0.515. The molecule has 10 heterocycles. The molecule has 0 spiro atoms. The van der Waals surface area contributed by atoms with Crippen LogP contribution in [-0.4, -0.2) is 195 Å². The van der Waals surface area contributed by atoms with Crippen LogP contribution in [0.5, 0.6) is 0 Å². The second kappa shape index (κ2) is 40.7. The van der Waals surface area contributed by atoms with Gasteiger partial charge in [0.25, 0.3) is 5.56 Å². The van der Waals surface area contributed by atoms with Crippen molar-refractivity contribution >= 4 is 75.6 Å². The molecule has 4 fully saturated rings. The molecule has 4 aliphatic heterocycles. The Hall–Kier alpha value is -11.0. The van der Waals surface area contributed by atoms with Crippen molar-refractivity contribution in [1.82, 2.24) is 39.9 Å². The lowest BCUT2D eigenvalue weighted by atomic mass is 10.0. The summed E-state index contributed by atoms with van der Waals surface area (Å²) >= 11 is 0. The molecule has 576 valence electrons. The predicted octanol–water partition coefficient (Wildman–Crippen LogP) is 5.13. The van der Waals surface area contributed by atoms with E-state index < -0.39 is 75.6 Å². The van der Waals surface area contributed by atoms with Crippen molar-refractivity contribution in [3.63, 3.8) is 0 Å². The lowest BCUT2D eigenvalue weighted by molar-refractivity contribution is -0.387. The Morgan fingerprint density at radius 1 is 0.619 bits per heavy atom. The maximum atomic E-state index is 11.9. The van der Waals surface area contributed by atoms with Crippen molar-refractivity contribution in [2.45, 2.75) is 169 Å². The van der Waals surface area contributed by atoms with E-state index in [2.05, 4.69) is 70.5 Å². The van der Waals surface area contributed by atoms with Crippen LogP contribution < -0.4 is 34.1 Å². The maximum absolute atomic E-state index is 11.9. The van der Waals surface area contributed by atoms with Crippen LogP contribution in [-0.2, 0) is 80.7 Å². The lowest BCUT2D eigenvalue weighted by Crippen LogP contribution is -2.41. The summed E-state index contributed by atoms with van der Waals surface area (Å²) in [5.74, 6) is -5.54. The zero-order valence-electron chi connectivity index (χ0n) is 60.8. The molecule has 8 atom stereocenters. The number of aryl methyl sites for hydroxylation is 1. The van der Waals surface area contributed by atoms with E-state index >= 15 is 0 Å². The van der Waals surface area contributed by atoms with Gasteiger partial charge in [0.2, 0.25) is 6.04 Å². The van der Waals surface area contributed by atoms with Gasteiger partial charge in [-0.3, -0.25) is 19.7 Å². The number of esters is 7. The number of aromatic amines is 6. The summed E-state index contributed by atoms with van der Waals surface area (Å²) in [6, 6.07) is 1.99. The molecular weight excluding hydrogens is 1390 g/mol. The van der Waals surface area contributed by atoms with Gasteiger partial charge in [-0.15, -0.1) is 0 Å². The molecule has 0 aliphatic carbocycles. The molecule has 6 aromatic rings. The molecule has 4 saturated heterocycles. The van der Waals surface area contributed by atoms with Crippen LogP contribution in [0.3, 0.4) is 0 Å². The molecular formula is C66H92N14O25. The SMILES string of the molecule is CCC1OC(c2c[nH]c3c(=O)[nH]cnc23)C2OC(C)(C)OC12.CCOC(=O)C(N)C(=O)OCC.CCOC(=O)c1[nH]cc(C2OC(CC)C3OC(C)(C)OC23)c1N.CCOC(=O)c1[nH]ccc1N.CCOC=C(C#N)C(=O)OCC.COC(=O)c1c[nH]c(C(=O)OC)c1N.Cc1nc[nH]c(=O)c1[N+](=O)[O-]. The third kappa shape index (κ3) is 23.0. The fourth-order valence-corrected chi connectivity index (χ4v) is 10.3. The Morgan fingerprint density at radius 2 is 1.10 bits per heavy atom. The monoisotopic (exact) mass is 1480 g/mol. The lowest BCUT2D eigenvalue weighted by Gasteiger charge is -2.23. The van der Waals surface area contributed by atoms with Crippen LogP contribution in [0, 0.1) is 28.4 Å². The van der Waals surface area contributed by atoms with Crippen LogP contribution in [0.2, 0.25) is 0 Å². The highest BCUT2D eigenvalue weighted by molar-refractivity contribution is 6.03. The average Bonchev–Trinajstić information content (AvgIpc) is 1.60. The number of anilines is 3. The van der Waals surface area contributed by atoms with Crippen LogP contribution in [0.4, 0.5) is 22.7 Å². The number of nitrogens with one attached hydrogen (secondary N) is 6. The number of aromatic nitrogens is 8. The molecule has 14 N–H and O–H groups in total. The number of fused-ring (bicyclic) bond motifs is 3. The second-order valence-corrected chi connectivity index (χ2v) is 22.8. The molecule has 39 nitrogen and oxygen atoms in total. The van der Waals surface area contributed by atoms with E-state index in [1.807, 2.05) is 34.6 Å². The van der Waals surface area contributed by atoms with Gasteiger partial charge in [-0.2, -0.15) is 5.26 Å². The second-order valence-electron chi connectivity index (χ2n) is 22.8. The zero-order chi connectivity index (χ0) is 78.6. The highest BCUT2D eigenvalue weighted by Crippen LogP contribution is 2.49. The van der Waals surface area contributed by atoms with Crippen molar-refractivity contribution in [3.05, 3.63) is 126 Å². The van der Waals surface area contributed by atoms with Crippen LogP contribution in [0.15, 0.2) is 64.9 Å². The highest BCUT2D eigenvalue weighted by Gasteiger charge is 2.57. The number of nitrogens with zero attached hydrogens (tertiary/aromatic N) is 4. The summed E-state index contributed by atoms with van der Waals surface area (Å²) in [4.78, 5) is 133. The number of hydrogen-bond acceptors (Lipinski definition) is 32. The summed E-state index contributed by atoms with van der Waals surface area (Å²) in [6.07, 6.45) is 10.2. The van der Waals surface area contributed by atoms with E-state index in [4.69, 9.17) is 70.8 Å². The van der Waals surface area contributed by atoms with Gasteiger partial charge in [0.1, 0.15) is 88.3 Å². The quantitative estimate of drug-likeness (QED) is 0.00734. The molecule has 8 unspecified atom stereocenters. The van der Waals surface area contributed by atoms with Crippen LogP contribution in [0.1, 0.15) is 167 Å². The third-order valence-corrected chi connectivity index (χ3v) is 14.9. The summed E-state index contributed by atoms with van der Waals surface area (Å²) in [7, 11) is 2.45. The number of carbonyl (C=O) groups excluding carboxylic acids is 7. The molecule has 6 aromatic heterocycles. The van der Waals surface area contributed by atoms with Gasteiger partial charge in [0, 0.05) is 35.9 Å². The minimum Gasteiger partial charge on any atom is -0.500 e. The molecule has 0 saturated carbocycles. The summed E-state index contributed by atoms with van der Waals surface area (Å²) in [5.41, 5.74) is 25.1. The van der Waals surface area contributed by atoms with Gasteiger partial charge in [-0.25, -0.2) is 43.5 Å². The first-order valence-corrected chi connectivity index (χ1v) is 32.9. The fourth-order valence-electron chi connectivity index (χ4n) is 10.3. The van der Waals surface area contributed by atoms with Gasteiger partial charge in [-0.1, -0.05) is 13.8 Å². The van der Waals surface area contributed by atoms with E-state index in [9.17, 15) is 53.3 Å². The third-order valence-electron chi connectivity index (χ3n) is 14.9. The predicted molar refractivity (Wildman–Crippen MR) is 370 cm³/mol. The standard InChI is InChI=1S/C16H24N2O5.C15H19N3O4.C8H10N2O4.C8H11NO3.C7H10N2O2.C7H13NO4.C5H5N3O3/c1-5-9-13-14(23-16(3,4)22-13)12(21-9)8-7-18-11(10(8)17)15(19)20-6-2;1-4-8-12-13(22-15(2,3)21-12)11(20-8)7-5-16-10-9(7)17-6-18-14(10)19;1-13-7(11)4-3-10-6(5(4)9)8(12)14-2;1-3-11-6-7(5-9)8(10)12-4-2;1-2-11-7(10)6-5(8)3-4-9-6;1-3-11-6(9)5(8)7(10)12-4-2;1-3-4(8(10)11)5(9)7-2-6-3/h7,9,12-14,18H,5-6,17H2,1-4H3;5-6,8,11-13,16H,4H2,1-3H3,(H,17,18,19);3,10H,9H2,1-2H3;6H,3-4H2,1-2H3;3-4,9H,2,8H2,1H3;5H,3-4,8H2,1-2H3;2H,1H3,(H,6,7,9). The summed E-state index contributed by atoms with van der Waals surface area (Å²) in [6.45, 7) is 25.0. The van der Waals surface area contributed by atoms with E-state index in [1.165, 1.54) is 33.7 Å². The maximum Gasteiger partial charge on any atom is 0.356 e. The Labute approximate surface area is 601 Å². The van der Waals surface area contributed by atoms with Crippen molar-refractivity contribution in [3.8, 4) is 6.07 Å². The number of rotatable bonds is 19. The molecule has 4 aliphatic rings. The van der Waals surface area contributed by atoms with Crippen molar-refractivity contribution in [2.75, 3.05) is 71.1 Å². The topological polar surface area (TPSA) is 574 Å². The zero-order valence-corrected chi connectivity index (χ0v) is 60.8. The van der Waals surface area contributed by atoms with Gasteiger partial charge in [0.05, 0.1) is 101 Å². The number of carbonyl (C=O) groups is 7. The number of nitro groups is 1. The van der Waals surface area contributed by atoms with Crippen molar-refractivity contribution < 1.29 is 105 Å². The molecule has 0 radical (unpaired) electrons. The van der Waals surface area contributed by atoms with Crippen LogP contribution in [0.25, 0.3) is 11.0 Å². The van der Waals surface area contributed by atoms with E-state index in [1.54, 1.807) is 72.3 Å². The van der Waals surface area contributed by atoms with Gasteiger partial charge < -0.3 is 119 Å². The molecule has 0 bridgehead atoms. The smallest absolute Gasteiger partial charge is 0.356 e. The number of methoxy groups -OCH3 is 2. The highest BCUT2D eigenvalue weighted by atomic mass is 16.8. The van der Waals surface area contributed by atoms with E-state index in [0.29, 0.717) is 53.5 Å². The molecule has 0 aromatic carbocycles. The molecule has 105 heavy (non-hydrogen) atoms. The number of ether oxygens (including phenoxy) is 14. The number of nitrogen functional groups attached to an aromatic ring is 3. The minimum absolute atomic E-state index is 0.0243. The number of nitriles is 1. The Bertz CT molecular complexity index is 4050. The van der Waals surface area contributed by atoms with E-state index in [-0.39, 0.29) is 108 Å². The number of hydrogen-bond donors (Lipinski definition) is 10. The van der Waals surface area contributed by atoms with Gasteiger partial charge >= 0.3 is 53.0 Å². The normalized spacial score (nSPS) is 19.6. The first kappa shape index (κ1) is 86.4.